The van der Waals surface area contributed by atoms with Gasteiger partial charge in [-0.25, -0.2) is 13.2 Å². The summed E-state index contributed by atoms with van der Waals surface area (Å²) in [5, 5.41) is 15.3. The van der Waals surface area contributed by atoms with Crippen LogP contribution in [0.4, 0.5) is 19.0 Å². The van der Waals surface area contributed by atoms with Crippen molar-refractivity contribution in [2.24, 2.45) is 0 Å². The summed E-state index contributed by atoms with van der Waals surface area (Å²) in [6, 6.07) is 3.52. The molecular formula is C15H14F3N5O. The van der Waals surface area contributed by atoms with Crippen LogP contribution in [0.1, 0.15) is 28.0 Å². The molecular weight excluding hydrogens is 323 g/mol. The highest BCUT2D eigenvalue weighted by Crippen LogP contribution is 2.17. The third kappa shape index (κ3) is 3.32. The van der Waals surface area contributed by atoms with E-state index in [2.05, 4.69) is 10.2 Å². The lowest BCUT2D eigenvalue weighted by Crippen LogP contribution is -2.29. The molecule has 1 aromatic heterocycles. The molecule has 9 heteroatoms. The zero-order valence-electron chi connectivity index (χ0n) is 12.7. The molecule has 2 aromatic rings. The summed E-state index contributed by atoms with van der Waals surface area (Å²) in [5.74, 6) is -5.22. The molecule has 1 aromatic carbocycles. The molecule has 0 spiro atoms. The number of nitrogens with two attached hydrogens (primary N) is 1. The molecule has 0 saturated heterocycles. The molecule has 0 fully saturated rings. The number of nitrogens with zero attached hydrogens (tertiary/aromatic N) is 3. The Balaban J connectivity index is 2.00. The molecule has 1 amide bonds. The number of nitriles is 1. The second-order valence-electron chi connectivity index (χ2n) is 5.13. The smallest absolute Gasteiger partial charge is 0.256 e. The third-order valence-electron chi connectivity index (χ3n) is 3.51. The summed E-state index contributed by atoms with van der Waals surface area (Å²) in [4.78, 5) is 13.3. The van der Waals surface area contributed by atoms with Gasteiger partial charge < -0.3 is 10.6 Å². The van der Waals surface area contributed by atoms with Gasteiger partial charge in [0.1, 0.15) is 11.6 Å². The first kappa shape index (κ1) is 17.3. The van der Waals surface area contributed by atoms with E-state index in [0.29, 0.717) is 24.6 Å². The van der Waals surface area contributed by atoms with Gasteiger partial charge >= 0.3 is 0 Å². The monoisotopic (exact) mass is 337 g/mol. The van der Waals surface area contributed by atoms with Crippen molar-refractivity contribution in [2.75, 3.05) is 19.3 Å². The fraction of sp³-hybridized carbons (Fsp3) is 0.267. The van der Waals surface area contributed by atoms with Crippen LogP contribution in [0.15, 0.2) is 12.1 Å². The molecule has 2 rings (SSSR count). The molecule has 0 aliphatic carbocycles. The number of anilines is 1. The van der Waals surface area contributed by atoms with Crippen molar-refractivity contribution in [1.29, 1.82) is 5.26 Å². The lowest BCUT2D eigenvalue weighted by atomic mass is 10.1. The largest absolute Gasteiger partial charge is 0.381 e. The van der Waals surface area contributed by atoms with Crippen molar-refractivity contribution in [3.63, 3.8) is 0 Å². The minimum Gasteiger partial charge on any atom is -0.381 e. The van der Waals surface area contributed by atoms with Gasteiger partial charge in [0.15, 0.2) is 23.3 Å². The second kappa shape index (κ2) is 7.04. The van der Waals surface area contributed by atoms with Crippen LogP contribution < -0.4 is 5.73 Å². The number of hydrogen-bond acceptors (Lipinski definition) is 4. The van der Waals surface area contributed by atoms with E-state index >= 15 is 0 Å². The first-order chi connectivity index (χ1) is 11.4. The number of H-pyrrole nitrogens is 1. The summed E-state index contributed by atoms with van der Waals surface area (Å²) in [6.07, 6.45) is 0.828. The van der Waals surface area contributed by atoms with Crippen LogP contribution in [0.25, 0.3) is 0 Å². The molecule has 0 unspecified atom stereocenters. The van der Waals surface area contributed by atoms with Gasteiger partial charge in [0.25, 0.3) is 5.91 Å². The van der Waals surface area contributed by atoms with E-state index in [1.807, 2.05) is 6.07 Å². The predicted molar refractivity (Wildman–Crippen MR) is 79.3 cm³/mol. The number of rotatable bonds is 5. The van der Waals surface area contributed by atoms with E-state index in [9.17, 15) is 18.0 Å². The van der Waals surface area contributed by atoms with Crippen molar-refractivity contribution in [3.05, 3.63) is 46.4 Å². The van der Waals surface area contributed by atoms with E-state index in [1.54, 1.807) is 0 Å². The highest BCUT2D eigenvalue weighted by atomic mass is 19.2. The zero-order chi connectivity index (χ0) is 17.9. The van der Waals surface area contributed by atoms with Gasteiger partial charge in [-0.2, -0.15) is 10.4 Å². The molecule has 1 heterocycles. The highest BCUT2D eigenvalue weighted by molar-refractivity contribution is 5.94. The third-order valence-corrected chi connectivity index (χ3v) is 3.51. The molecule has 6 nitrogen and oxygen atoms in total. The maximum absolute atomic E-state index is 13.6. The molecule has 0 aliphatic heterocycles. The maximum atomic E-state index is 13.6. The first-order valence-electron chi connectivity index (χ1n) is 6.98. The molecule has 24 heavy (non-hydrogen) atoms. The van der Waals surface area contributed by atoms with Crippen molar-refractivity contribution in [1.82, 2.24) is 15.1 Å². The summed E-state index contributed by atoms with van der Waals surface area (Å²) >= 11 is 0. The van der Waals surface area contributed by atoms with E-state index in [-0.39, 0.29) is 17.9 Å². The number of benzene rings is 1. The number of carbonyl (C=O) groups excluding carboxylic acids is 1. The molecule has 0 saturated carbocycles. The van der Waals surface area contributed by atoms with E-state index in [4.69, 9.17) is 11.0 Å². The highest BCUT2D eigenvalue weighted by Gasteiger charge is 2.21. The van der Waals surface area contributed by atoms with Crippen molar-refractivity contribution in [3.8, 4) is 6.07 Å². The van der Waals surface area contributed by atoms with Crippen LogP contribution in [0.5, 0.6) is 0 Å². The number of nitrogen functional groups attached to an aromatic ring is 1. The van der Waals surface area contributed by atoms with Gasteiger partial charge in [-0.3, -0.25) is 9.89 Å². The van der Waals surface area contributed by atoms with Gasteiger partial charge in [0.05, 0.1) is 11.3 Å². The minimum absolute atomic E-state index is 0.0980. The lowest BCUT2D eigenvalue weighted by molar-refractivity contribution is 0.0787. The number of aromatic nitrogens is 2. The average molecular weight is 337 g/mol. The Bertz CT molecular complexity index is 812. The first-order valence-corrected chi connectivity index (χ1v) is 6.98. The number of carbonyl (C=O) groups is 1. The number of aryl methyl sites for hydroxylation is 1. The number of hydrogen-bond donors (Lipinski definition) is 2. The number of amides is 1. The van der Waals surface area contributed by atoms with Crippen molar-refractivity contribution in [2.45, 2.75) is 12.8 Å². The fourth-order valence-electron chi connectivity index (χ4n) is 2.19. The van der Waals surface area contributed by atoms with Crippen LogP contribution in [-0.2, 0) is 6.42 Å². The summed E-state index contributed by atoms with van der Waals surface area (Å²) < 4.78 is 39.7. The lowest BCUT2D eigenvalue weighted by Gasteiger charge is -2.17. The van der Waals surface area contributed by atoms with Gasteiger partial charge in [-0.1, -0.05) is 0 Å². The number of nitrogens with one attached hydrogen (secondary N) is 1. The maximum Gasteiger partial charge on any atom is 0.256 e. The van der Waals surface area contributed by atoms with Gasteiger partial charge in [0, 0.05) is 13.6 Å². The minimum atomic E-state index is -1.68. The van der Waals surface area contributed by atoms with Crippen LogP contribution in [0.2, 0.25) is 0 Å². The van der Waals surface area contributed by atoms with Crippen LogP contribution in [-0.4, -0.2) is 34.6 Å². The molecule has 0 bridgehead atoms. The summed E-state index contributed by atoms with van der Waals surface area (Å²) in [5.41, 5.74) is 5.75. The van der Waals surface area contributed by atoms with E-state index in [1.165, 1.54) is 11.9 Å². The molecule has 0 aliphatic rings. The Morgan fingerprint density at radius 3 is 2.75 bits per heavy atom. The van der Waals surface area contributed by atoms with Crippen LogP contribution in [0, 0.1) is 28.8 Å². The Morgan fingerprint density at radius 2 is 2.08 bits per heavy atom. The molecule has 0 radical (unpaired) electrons. The van der Waals surface area contributed by atoms with Crippen LogP contribution in [0.3, 0.4) is 0 Å². The number of aromatic amines is 1. The van der Waals surface area contributed by atoms with E-state index < -0.39 is 28.9 Å². The predicted octanol–water partition coefficient (Wildman–Crippen LogP) is 1.99. The normalized spacial score (nSPS) is 10.5. The Kier molecular flexibility index (Phi) is 5.08. The average Bonchev–Trinajstić information content (AvgIpc) is 2.92. The Hall–Kier alpha value is -3.02. The van der Waals surface area contributed by atoms with Gasteiger partial charge in [0.2, 0.25) is 0 Å². The topological polar surface area (TPSA) is 98.8 Å². The SMILES string of the molecule is CN(CCCc1[nH]nc(N)c1C#N)C(=O)c1ccc(F)c(F)c1F. The van der Waals surface area contributed by atoms with Crippen molar-refractivity contribution < 1.29 is 18.0 Å². The Morgan fingerprint density at radius 1 is 1.38 bits per heavy atom. The molecule has 3 N–H and O–H groups in total. The van der Waals surface area contributed by atoms with Crippen LogP contribution >= 0.6 is 0 Å². The number of halogens is 3. The van der Waals surface area contributed by atoms with Crippen molar-refractivity contribution >= 4 is 11.7 Å². The standard InChI is InChI=1S/C15H14F3N5O/c1-23(6-2-3-11-9(7-19)14(20)22-21-11)15(24)8-4-5-10(16)13(18)12(8)17/h4-5H,2-3,6H2,1H3,(H3,20,21,22). The quantitative estimate of drug-likeness (QED) is 0.815. The Labute approximate surface area is 135 Å². The second-order valence-corrected chi connectivity index (χ2v) is 5.13. The fourth-order valence-corrected chi connectivity index (χ4v) is 2.19. The van der Waals surface area contributed by atoms with Gasteiger partial charge in [-0.05, 0) is 25.0 Å². The summed E-state index contributed by atoms with van der Waals surface area (Å²) in [7, 11) is 1.41. The van der Waals surface area contributed by atoms with E-state index in [0.717, 1.165) is 6.07 Å². The molecule has 0 atom stereocenters. The zero-order valence-corrected chi connectivity index (χ0v) is 12.7. The summed E-state index contributed by atoms with van der Waals surface area (Å²) in [6.45, 7) is 0.209. The van der Waals surface area contributed by atoms with Gasteiger partial charge in [-0.15, -0.1) is 0 Å². The molecule has 126 valence electrons.